The zero-order chi connectivity index (χ0) is 33.0. The first-order valence-corrected chi connectivity index (χ1v) is 16.7. The minimum Gasteiger partial charge on any atom is -0.456 e. The maximum atomic E-state index is 6.60. The molecule has 0 bridgehead atoms. The van der Waals surface area contributed by atoms with Crippen LogP contribution in [-0.2, 0) is 0 Å². The summed E-state index contributed by atoms with van der Waals surface area (Å²) in [5.74, 6) is 1.83. The molecule has 5 nitrogen and oxygen atoms in total. The Morgan fingerprint density at radius 1 is 0.340 bits per heavy atom. The van der Waals surface area contributed by atoms with E-state index in [0.29, 0.717) is 17.5 Å². The van der Waals surface area contributed by atoms with Crippen LogP contribution in [-0.4, -0.2) is 19.5 Å². The topological polar surface area (TPSA) is 56.7 Å². The Morgan fingerprint density at radius 2 is 0.920 bits per heavy atom. The third kappa shape index (κ3) is 4.67. The molecule has 0 fully saturated rings. The average Bonchev–Trinajstić information content (AvgIpc) is 3.72. The van der Waals surface area contributed by atoms with E-state index in [9.17, 15) is 0 Å². The van der Waals surface area contributed by atoms with Gasteiger partial charge in [-0.3, -0.25) is 0 Å². The molecule has 10 rings (SSSR count). The van der Waals surface area contributed by atoms with Gasteiger partial charge in [-0.2, -0.15) is 0 Å². The summed E-state index contributed by atoms with van der Waals surface area (Å²) in [6, 6.07) is 58.6. The lowest BCUT2D eigenvalue weighted by Crippen LogP contribution is -2.00. The molecule has 234 valence electrons. The van der Waals surface area contributed by atoms with Crippen molar-refractivity contribution in [2.45, 2.75) is 0 Å². The Balaban J connectivity index is 1.14. The molecule has 5 heteroatoms. The lowest BCUT2D eigenvalue weighted by Gasteiger charge is -2.09. The summed E-state index contributed by atoms with van der Waals surface area (Å²) in [6.45, 7) is 0. The van der Waals surface area contributed by atoms with Crippen molar-refractivity contribution < 1.29 is 4.42 Å². The molecule has 0 amide bonds. The number of hydrogen-bond donors (Lipinski definition) is 0. The van der Waals surface area contributed by atoms with Gasteiger partial charge < -0.3 is 8.98 Å². The Hall–Kier alpha value is -6.85. The number of aromatic nitrogens is 4. The summed E-state index contributed by atoms with van der Waals surface area (Å²) in [5, 5.41) is 4.46. The van der Waals surface area contributed by atoms with Crippen LogP contribution >= 0.6 is 0 Å². The van der Waals surface area contributed by atoms with Crippen LogP contribution in [0, 0.1) is 0 Å². The van der Waals surface area contributed by atoms with Crippen LogP contribution in [0.25, 0.3) is 94.7 Å². The number of nitrogens with zero attached hydrogens (tertiary/aromatic N) is 4. The van der Waals surface area contributed by atoms with Crippen molar-refractivity contribution >= 4 is 43.7 Å². The Kier molecular flexibility index (Phi) is 6.42. The van der Waals surface area contributed by atoms with E-state index in [0.717, 1.165) is 66.3 Å². The highest BCUT2D eigenvalue weighted by molar-refractivity contribution is 6.17. The van der Waals surface area contributed by atoms with Gasteiger partial charge in [-0.25, -0.2) is 15.0 Å². The normalized spacial score (nSPS) is 11.6. The highest BCUT2D eigenvalue weighted by Crippen LogP contribution is 2.39. The molecule has 0 aliphatic rings. The molecule has 7 aromatic carbocycles. The highest BCUT2D eigenvalue weighted by Gasteiger charge is 2.18. The van der Waals surface area contributed by atoms with E-state index in [1.165, 1.54) is 10.9 Å². The predicted octanol–water partition coefficient (Wildman–Crippen LogP) is 11.5. The Bertz CT molecular complexity index is 2860. The van der Waals surface area contributed by atoms with Crippen molar-refractivity contribution in [1.29, 1.82) is 0 Å². The van der Waals surface area contributed by atoms with E-state index in [1.807, 2.05) is 36.4 Å². The first kappa shape index (κ1) is 28.2. The van der Waals surface area contributed by atoms with Gasteiger partial charge in [0.2, 0.25) is 0 Å². The number of para-hydroxylation sites is 2. The second kappa shape index (κ2) is 11.4. The summed E-state index contributed by atoms with van der Waals surface area (Å²) < 4.78 is 8.94. The molecule has 3 aromatic heterocycles. The molecule has 50 heavy (non-hydrogen) atoms. The van der Waals surface area contributed by atoms with E-state index in [1.54, 1.807) is 0 Å². The Morgan fingerprint density at radius 3 is 1.68 bits per heavy atom. The van der Waals surface area contributed by atoms with Crippen molar-refractivity contribution in [3.05, 3.63) is 170 Å². The van der Waals surface area contributed by atoms with Gasteiger partial charge in [-0.05, 0) is 59.7 Å². The number of fused-ring (bicyclic) bond motifs is 6. The summed E-state index contributed by atoms with van der Waals surface area (Å²) in [5.41, 5.74) is 10.0. The van der Waals surface area contributed by atoms with Crippen molar-refractivity contribution in [3.63, 3.8) is 0 Å². The third-order valence-electron chi connectivity index (χ3n) is 9.43. The molecule has 0 saturated heterocycles. The van der Waals surface area contributed by atoms with Gasteiger partial charge in [-0.1, -0.05) is 121 Å². The van der Waals surface area contributed by atoms with E-state index >= 15 is 0 Å². The second-order valence-electron chi connectivity index (χ2n) is 12.5. The number of rotatable bonds is 5. The summed E-state index contributed by atoms with van der Waals surface area (Å²) in [6.07, 6.45) is 0. The maximum absolute atomic E-state index is 6.60. The predicted molar refractivity (Wildman–Crippen MR) is 203 cm³/mol. The van der Waals surface area contributed by atoms with Gasteiger partial charge in [-0.15, -0.1) is 0 Å². The van der Waals surface area contributed by atoms with Gasteiger partial charge in [0.1, 0.15) is 11.2 Å². The van der Waals surface area contributed by atoms with E-state index in [4.69, 9.17) is 19.4 Å². The third-order valence-corrected chi connectivity index (χ3v) is 9.43. The van der Waals surface area contributed by atoms with Gasteiger partial charge in [0, 0.05) is 43.9 Å². The SMILES string of the molecule is c1ccc(-c2cccc(-c3nc(-c4ccccc4)nc(-c4ccc5c(c4)oc4cc6c7ccccc7n(-c7ccccc7)c6cc45)n3)c2)cc1. The summed E-state index contributed by atoms with van der Waals surface area (Å²) >= 11 is 0. The minimum absolute atomic E-state index is 0.591. The smallest absolute Gasteiger partial charge is 0.164 e. The maximum Gasteiger partial charge on any atom is 0.164 e. The molecule has 0 spiro atoms. The second-order valence-corrected chi connectivity index (χ2v) is 12.5. The number of hydrogen-bond acceptors (Lipinski definition) is 4. The summed E-state index contributed by atoms with van der Waals surface area (Å²) in [7, 11) is 0. The largest absolute Gasteiger partial charge is 0.456 e. The number of furan rings is 1. The fourth-order valence-corrected chi connectivity index (χ4v) is 7.05. The van der Waals surface area contributed by atoms with Crippen LogP contribution < -0.4 is 0 Å². The van der Waals surface area contributed by atoms with Gasteiger partial charge in [0.25, 0.3) is 0 Å². The molecular formula is C45H28N4O. The Labute approximate surface area is 287 Å². The highest BCUT2D eigenvalue weighted by atomic mass is 16.3. The first-order chi connectivity index (χ1) is 24.8. The molecule has 10 aromatic rings. The van der Waals surface area contributed by atoms with Crippen molar-refractivity contribution in [2.75, 3.05) is 0 Å². The molecule has 0 atom stereocenters. The average molecular weight is 641 g/mol. The van der Waals surface area contributed by atoms with E-state index in [-0.39, 0.29) is 0 Å². The zero-order valence-corrected chi connectivity index (χ0v) is 26.9. The van der Waals surface area contributed by atoms with Crippen LogP contribution in [0.5, 0.6) is 0 Å². The molecule has 0 aliphatic carbocycles. The lowest BCUT2D eigenvalue weighted by atomic mass is 10.0. The van der Waals surface area contributed by atoms with Gasteiger partial charge in [0.15, 0.2) is 17.5 Å². The van der Waals surface area contributed by atoms with Crippen molar-refractivity contribution in [1.82, 2.24) is 19.5 Å². The molecular weight excluding hydrogens is 613 g/mol. The molecule has 3 heterocycles. The molecule has 0 aliphatic heterocycles. The molecule has 0 radical (unpaired) electrons. The zero-order valence-electron chi connectivity index (χ0n) is 26.9. The van der Waals surface area contributed by atoms with Crippen LogP contribution in [0.1, 0.15) is 0 Å². The molecule has 0 N–H and O–H groups in total. The van der Waals surface area contributed by atoms with E-state index in [2.05, 4.69) is 138 Å². The fourth-order valence-electron chi connectivity index (χ4n) is 7.05. The van der Waals surface area contributed by atoms with Gasteiger partial charge in [0.05, 0.1) is 11.0 Å². The first-order valence-electron chi connectivity index (χ1n) is 16.7. The van der Waals surface area contributed by atoms with Gasteiger partial charge >= 0.3 is 0 Å². The summed E-state index contributed by atoms with van der Waals surface area (Å²) in [4.78, 5) is 15.0. The molecule has 0 saturated carbocycles. The molecule has 0 unspecified atom stereocenters. The number of benzene rings is 7. The van der Waals surface area contributed by atoms with Crippen LogP contribution in [0.15, 0.2) is 174 Å². The quantitative estimate of drug-likeness (QED) is 0.188. The van der Waals surface area contributed by atoms with Crippen LogP contribution in [0.2, 0.25) is 0 Å². The standard InChI is InChI=1S/C45H28N4O/c1-4-13-29(14-5-1)31-17-12-18-32(25-31)44-46-43(30-15-6-2-7-16-30)47-45(48-44)33-23-24-36-38-27-40-37(28-42(38)50-41(36)26-33)35-21-10-11-22-39(35)49(40)34-19-8-3-9-20-34/h1-28H. The van der Waals surface area contributed by atoms with Crippen LogP contribution in [0.3, 0.4) is 0 Å². The lowest BCUT2D eigenvalue weighted by molar-refractivity contribution is 0.669. The monoisotopic (exact) mass is 640 g/mol. The minimum atomic E-state index is 0.591. The van der Waals surface area contributed by atoms with Crippen LogP contribution in [0.4, 0.5) is 0 Å². The van der Waals surface area contributed by atoms with Crippen molar-refractivity contribution in [2.24, 2.45) is 0 Å². The van der Waals surface area contributed by atoms with E-state index < -0.39 is 0 Å². The van der Waals surface area contributed by atoms with Crippen molar-refractivity contribution in [3.8, 4) is 51.0 Å². The fraction of sp³-hybridized carbons (Fsp3) is 0.